The molecule has 0 atom stereocenters. The van der Waals surface area contributed by atoms with E-state index in [9.17, 15) is 4.39 Å². The molecule has 1 aliphatic carbocycles. The predicted molar refractivity (Wildman–Crippen MR) is 82.0 cm³/mol. The molecule has 1 saturated carbocycles. The van der Waals surface area contributed by atoms with Crippen molar-refractivity contribution < 1.29 is 4.39 Å². The Morgan fingerprint density at radius 1 is 1.15 bits per heavy atom. The van der Waals surface area contributed by atoms with Crippen LogP contribution in [-0.4, -0.2) is 6.04 Å². The Labute approximate surface area is 123 Å². The Morgan fingerprint density at radius 3 is 2.65 bits per heavy atom. The molecule has 2 aromatic carbocycles. The van der Waals surface area contributed by atoms with Gasteiger partial charge in [-0.15, -0.1) is 0 Å². The molecule has 0 saturated heterocycles. The number of hydrogen-bond donors (Lipinski definition) is 1. The second kappa shape index (κ2) is 5.45. The largest absolute Gasteiger partial charge is 0.382 e. The molecule has 104 valence electrons. The fourth-order valence-corrected chi connectivity index (χ4v) is 3.00. The van der Waals surface area contributed by atoms with Gasteiger partial charge >= 0.3 is 0 Å². The first kappa shape index (κ1) is 13.4. The molecule has 0 bridgehead atoms. The quantitative estimate of drug-likeness (QED) is 0.824. The van der Waals surface area contributed by atoms with Gasteiger partial charge in [-0.1, -0.05) is 23.7 Å². The molecule has 0 spiro atoms. The number of rotatable bonds is 3. The zero-order valence-corrected chi connectivity index (χ0v) is 12.1. The van der Waals surface area contributed by atoms with E-state index in [1.165, 1.54) is 6.07 Å². The highest BCUT2D eigenvalue weighted by Gasteiger charge is 2.30. The molecule has 0 aromatic heterocycles. The lowest BCUT2D eigenvalue weighted by atomic mass is 9.75. The van der Waals surface area contributed by atoms with Crippen LogP contribution >= 0.6 is 11.6 Å². The molecule has 1 N–H and O–H groups in total. The Balaban J connectivity index is 1.61. The average molecular weight is 290 g/mol. The van der Waals surface area contributed by atoms with Gasteiger partial charge in [-0.05, 0) is 67.1 Å². The lowest BCUT2D eigenvalue weighted by Crippen LogP contribution is -2.34. The van der Waals surface area contributed by atoms with E-state index in [4.69, 9.17) is 11.6 Å². The number of aryl methyl sites for hydroxylation is 1. The van der Waals surface area contributed by atoms with E-state index >= 15 is 0 Å². The molecule has 1 nitrogen and oxygen atoms in total. The molecular formula is C17H17ClFN. The van der Waals surface area contributed by atoms with Gasteiger partial charge in [-0.2, -0.15) is 0 Å². The van der Waals surface area contributed by atoms with E-state index in [1.807, 2.05) is 24.3 Å². The Hall–Kier alpha value is -1.54. The highest BCUT2D eigenvalue weighted by Crippen LogP contribution is 2.39. The molecule has 1 aliphatic rings. The fraction of sp³-hybridized carbons (Fsp3) is 0.294. The third-order valence-corrected chi connectivity index (χ3v) is 4.24. The highest BCUT2D eigenvalue weighted by molar-refractivity contribution is 6.30. The summed E-state index contributed by atoms with van der Waals surface area (Å²) in [6.07, 6.45) is 2.09. The minimum absolute atomic E-state index is 0.146. The highest BCUT2D eigenvalue weighted by atomic mass is 35.5. The average Bonchev–Trinajstić information content (AvgIpc) is 2.35. The molecule has 1 fully saturated rings. The lowest BCUT2D eigenvalue weighted by molar-refractivity contribution is 0.373. The molecule has 0 radical (unpaired) electrons. The van der Waals surface area contributed by atoms with Crippen LogP contribution in [0.25, 0.3) is 0 Å². The number of halogens is 2. The van der Waals surface area contributed by atoms with Crippen molar-refractivity contribution in [2.75, 3.05) is 5.32 Å². The standard InChI is InChI=1S/C17H17ClFN/c1-11-7-14(18)5-6-17(11)20-16-9-13(10-16)12-3-2-4-15(19)8-12/h2-8,13,16,20H,9-10H2,1H3. The molecule has 0 aliphatic heterocycles. The summed E-state index contributed by atoms with van der Waals surface area (Å²) in [6.45, 7) is 2.05. The van der Waals surface area contributed by atoms with Gasteiger partial charge in [0.15, 0.2) is 0 Å². The molecular weight excluding hydrogens is 273 g/mol. The maximum atomic E-state index is 13.2. The molecule has 3 heteroatoms. The third-order valence-electron chi connectivity index (χ3n) is 4.01. The molecule has 0 amide bonds. The zero-order valence-electron chi connectivity index (χ0n) is 11.4. The van der Waals surface area contributed by atoms with Gasteiger partial charge < -0.3 is 5.32 Å². The van der Waals surface area contributed by atoms with Crippen LogP contribution in [-0.2, 0) is 0 Å². The lowest BCUT2D eigenvalue weighted by Gasteiger charge is -2.37. The van der Waals surface area contributed by atoms with Crippen LogP contribution in [0.4, 0.5) is 10.1 Å². The minimum atomic E-state index is -0.146. The SMILES string of the molecule is Cc1cc(Cl)ccc1NC1CC(c2cccc(F)c2)C1. The van der Waals surface area contributed by atoms with Crippen molar-refractivity contribution in [2.45, 2.75) is 31.7 Å². The number of hydrogen-bond acceptors (Lipinski definition) is 1. The van der Waals surface area contributed by atoms with Crippen molar-refractivity contribution in [1.29, 1.82) is 0 Å². The van der Waals surface area contributed by atoms with Gasteiger partial charge in [0.1, 0.15) is 5.82 Å². The van der Waals surface area contributed by atoms with Crippen LogP contribution in [0.2, 0.25) is 5.02 Å². The fourth-order valence-electron chi connectivity index (χ4n) is 2.78. The summed E-state index contributed by atoms with van der Waals surface area (Å²) in [5.41, 5.74) is 3.40. The van der Waals surface area contributed by atoms with E-state index < -0.39 is 0 Å². The molecule has 0 heterocycles. The molecule has 2 aromatic rings. The normalized spacial score (nSPS) is 21.4. The van der Waals surface area contributed by atoms with E-state index in [0.29, 0.717) is 12.0 Å². The first-order valence-corrected chi connectivity index (χ1v) is 7.28. The van der Waals surface area contributed by atoms with Crippen molar-refractivity contribution in [3.63, 3.8) is 0 Å². The minimum Gasteiger partial charge on any atom is -0.382 e. The van der Waals surface area contributed by atoms with Gasteiger partial charge in [0.05, 0.1) is 0 Å². The Morgan fingerprint density at radius 2 is 1.95 bits per heavy atom. The van der Waals surface area contributed by atoms with Gasteiger partial charge in [0, 0.05) is 16.8 Å². The van der Waals surface area contributed by atoms with Gasteiger partial charge in [0.2, 0.25) is 0 Å². The summed E-state index contributed by atoms with van der Waals surface area (Å²) < 4.78 is 13.2. The number of benzene rings is 2. The van der Waals surface area contributed by atoms with Crippen molar-refractivity contribution >= 4 is 17.3 Å². The summed E-state index contributed by atoms with van der Waals surface area (Å²) in [5.74, 6) is 0.322. The predicted octanol–water partition coefficient (Wildman–Crippen LogP) is 5.15. The summed E-state index contributed by atoms with van der Waals surface area (Å²) in [4.78, 5) is 0. The maximum absolute atomic E-state index is 13.2. The summed E-state index contributed by atoms with van der Waals surface area (Å²) >= 11 is 5.96. The van der Waals surface area contributed by atoms with Crippen molar-refractivity contribution in [3.05, 3.63) is 64.4 Å². The van der Waals surface area contributed by atoms with Gasteiger partial charge in [0.25, 0.3) is 0 Å². The van der Waals surface area contributed by atoms with Crippen LogP contribution in [0.5, 0.6) is 0 Å². The van der Waals surface area contributed by atoms with E-state index in [-0.39, 0.29) is 5.82 Å². The van der Waals surface area contributed by atoms with Gasteiger partial charge in [-0.25, -0.2) is 4.39 Å². The first-order valence-electron chi connectivity index (χ1n) is 6.90. The number of nitrogens with one attached hydrogen (secondary N) is 1. The molecule has 0 unspecified atom stereocenters. The molecule has 20 heavy (non-hydrogen) atoms. The first-order chi connectivity index (χ1) is 9.61. The zero-order chi connectivity index (χ0) is 14.1. The van der Waals surface area contributed by atoms with E-state index in [2.05, 4.69) is 12.2 Å². The Kier molecular flexibility index (Phi) is 3.66. The van der Waals surface area contributed by atoms with Crippen LogP contribution in [0.15, 0.2) is 42.5 Å². The van der Waals surface area contributed by atoms with Crippen LogP contribution < -0.4 is 5.32 Å². The number of anilines is 1. The maximum Gasteiger partial charge on any atom is 0.123 e. The van der Waals surface area contributed by atoms with Crippen LogP contribution in [0.3, 0.4) is 0 Å². The summed E-state index contributed by atoms with van der Waals surface area (Å²) in [6, 6.07) is 13.3. The Bertz CT molecular complexity index is 620. The van der Waals surface area contributed by atoms with Crippen molar-refractivity contribution in [1.82, 2.24) is 0 Å². The van der Waals surface area contributed by atoms with Crippen LogP contribution in [0, 0.1) is 12.7 Å². The van der Waals surface area contributed by atoms with E-state index in [0.717, 1.165) is 34.7 Å². The second-order valence-electron chi connectivity index (χ2n) is 5.52. The monoisotopic (exact) mass is 289 g/mol. The van der Waals surface area contributed by atoms with Crippen LogP contribution in [0.1, 0.15) is 29.9 Å². The summed E-state index contributed by atoms with van der Waals surface area (Å²) in [7, 11) is 0. The van der Waals surface area contributed by atoms with Crippen molar-refractivity contribution in [2.24, 2.45) is 0 Å². The van der Waals surface area contributed by atoms with Gasteiger partial charge in [-0.3, -0.25) is 0 Å². The molecule has 3 rings (SSSR count). The van der Waals surface area contributed by atoms with Crippen molar-refractivity contribution in [3.8, 4) is 0 Å². The second-order valence-corrected chi connectivity index (χ2v) is 5.96. The topological polar surface area (TPSA) is 12.0 Å². The third kappa shape index (κ3) is 2.80. The van der Waals surface area contributed by atoms with E-state index in [1.54, 1.807) is 12.1 Å². The smallest absolute Gasteiger partial charge is 0.123 e. The summed E-state index contributed by atoms with van der Waals surface area (Å²) in [5, 5.41) is 4.30.